The third-order valence-electron chi connectivity index (χ3n) is 5.17. The van der Waals surface area contributed by atoms with Gasteiger partial charge in [0.25, 0.3) is 0 Å². The molecule has 8 heteroatoms. The summed E-state index contributed by atoms with van der Waals surface area (Å²) in [5.74, 6) is -1.03. The van der Waals surface area contributed by atoms with Crippen molar-refractivity contribution in [2.24, 2.45) is 0 Å². The number of ether oxygens (including phenoxy) is 3. The molecule has 168 valence electrons. The van der Waals surface area contributed by atoms with E-state index in [1.54, 1.807) is 42.6 Å². The van der Waals surface area contributed by atoms with Crippen molar-refractivity contribution >= 4 is 35.1 Å². The minimum atomic E-state index is -0.707. The molecule has 0 aromatic heterocycles. The van der Waals surface area contributed by atoms with Crippen molar-refractivity contribution < 1.29 is 23.8 Å². The summed E-state index contributed by atoms with van der Waals surface area (Å²) in [5.41, 5.74) is 2.30. The van der Waals surface area contributed by atoms with Crippen LogP contribution in [0.2, 0.25) is 10.0 Å². The smallest absolute Gasteiger partial charge is 0.336 e. The minimum Gasteiger partial charge on any atom is -0.497 e. The Hall–Kier alpha value is -2.96. The molecule has 0 atom stereocenters. The molecule has 0 spiro atoms. The van der Waals surface area contributed by atoms with Gasteiger partial charge in [-0.3, -0.25) is 0 Å². The Morgan fingerprint density at radius 3 is 1.97 bits per heavy atom. The summed E-state index contributed by atoms with van der Waals surface area (Å²) in [6.45, 7) is 0.529. The second-order valence-corrected chi connectivity index (χ2v) is 7.91. The maximum absolute atomic E-state index is 12.7. The van der Waals surface area contributed by atoms with Crippen molar-refractivity contribution in [3.8, 4) is 5.75 Å². The van der Waals surface area contributed by atoms with Crippen LogP contribution in [0.3, 0.4) is 0 Å². The molecule has 0 radical (unpaired) electrons. The highest BCUT2D eigenvalue weighted by Gasteiger charge is 2.35. The fourth-order valence-corrected chi connectivity index (χ4v) is 3.83. The Labute approximate surface area is 197 Å². The average Bonchev–Trinajstić information content (AvgIpc) is 2.83. The number of benzene rings is 2. The molecular weight excluding hydrogens is 453 g/mol. The molecule has 32 heavy (non-hydrogen) atoms. The van der Waals surface area contributed by atoms with Gasteiger partial charge in [0.15, 0.2) is 0 Å². The van der Waals surface area contributed by atoms with Gasteiger partial charge in [-0.05, 0) is 41.8 Å². The minimum absolute atomic E-state index is 0.295. The standard InChI is InChI=1S/C24H23Cl2NO5/c1-30-17-7-4-15(5-8-17)10-11-27-13-18(23(28)31-2)22(19(14-27)24(29)32-3)16-6-9-20(25)21(26)12-16/h4-9,12-14,22H,10-11H2,1-3H3. The lowest BCUT2D eigenvalue weighted by Gasteiger charge is -2.30. The van der Waals surface area contributed by atoms with Gasteiger partial charge in [0, 0.05) is 18.9 Å². The number of methoxy groups -OCH3 is 3. The van der Waals surface area contributed by atoms with E-state index in [0.717, 1.165) is 11.3 Å². The summed E-state index contributed by atoms with van der Waals surface area (Å²) >= 11 is 12.3. The van der Waals surface area contributed by atoms with E-state index in [1.807, 2.05) is 24.3 Å². The Kier molecular flexibility index (Phi) is 7.83. The molecule has 0 aliphatic carbocycles. The second kappa shape index (κ2) is 10.6. The molecule has 2 aromatic carbocycles. The van der Waals surface area contributed by atoms with E-state index in [2.05, 4.69) is 0 Å². The van der Waals surface area contributed by atoms with Gasteiger partial charge in [0.05, 0.1) is 48.4 Å². The van der Waals surface area contributed by atoms with Gasteiger partial charge < -0.3 is 19.1 Å². The summed E-state index contributed by atoms with van der Waals surface area (Å²) in [5, 5.41) is 0.694. The molecule has 0 bridgehead atoms. The van der Waals surface area contributed by atoms with Gasteiger partial charge >= 0.3 is 11.9 Å². The topological polar surface area (TPSA) is 65.1 Å². The molecule has 0 saturated carbocycles. The second-order valence-electron chi connectivity index (χ2n) is 7.09. The van der Waals surface area contributed by atoms with Gasteiger partial charge in [-0.1, -0.05) is 41.4 Å². The number of hydrogen-bond donors (Lipinski definition) is 0. The maximum atomic E-state index is 12.7. The van der Waals surface area contributed by atoms with Crippen LogP contribution in [-0.2, 0) is 25.5 Å². The average molecular weight is 476 g/mol. The van der Waals surface area contributed by atoms with Gasteiger partial charge in [-0.2, -0.15) is 0 Å². The zero-order valence-electron chi connectivity index (χ0n) is 17.9. The summed E-state index contributed by atoms with van der Waals surface area (Å²) in [4.78, 5) is 27.1. The first kappa shape index (κ1) is 23.7. The highest BCUT2D eigenvalue weighted by Crippen LogP contribution is 2.39. The number of hydrogen-bond acceptors (Lipinski definition) is 6. The van der Waals surface area contributed by atoms with Crippen LogP contribution in [0.15, 0.2) is 66.0 Å². The number of carbonyl (C=O) groups is 2. The van der Waals surface area contributed by atoms with Crippen molar-refractivity contribution in [1.29, 1.82) is 0 Å². The van der Waals surface area contributed by atoms with Crippen LogP contribution < -0.4 is 4.74 Å². The third kappa shape index (κ3) is 5.26. The van der Waals surface area contributed by atoms with Crippen LogP contribution in [0.5, 0.6) is 5.75 Å². The van der Waals surface area contributed by atoms with Crippen molar-refractivity contribution in [3.63, 3.8) is 0 Å². The number of esters is 2. The first-order valence-corrected chi connectivity index (χ1v) is 10.6. The maximum Gasteiger partial charge on any atom is 0.336 e. The van der Waals surface area contributed by atoms with Crippen LogP contribution >= 0.6 is 23.2 Å². The highest BCUT2D eigenvalue weighted by molar-refractivity contribution is 6.42. The summed E-state index contributed by atoms with van der Waals surface area (Å²) in [7, 11) is 4.21. The Balaban J connectivity index is 1.96. The van der Waals surface area contributed by atoms with E-state index < -0.39 is 17.9 Å². The fourth-order valence-electron chi connectivity index (χ4n) is 3.52. The summed E-state index contributed by atoms with van der Waals surface area (Å²) < 4.78 is 15.2. The van der Waals surface area contributed by atoms with Gasteiger partial charge in [-0.15, -0.1) is 0 Å². The molecule has 3 rings (SSSR count). The predicted octanol–water partition coefficient (Wildman–Crippen LogP) is 4.76. The van der Waals surface area contributed by atoms with Gasteiger partial charge in [-0.25, -0.2) is 9.59 Å². The molecular formula is C24H23Cl2NO5. The van der Waals surface area contributed by atoms with E-state index >= 15 is 0 Å². The van der Waals surface area contributed by atoms with E-state index in [4.69, 9.17) is 37.4 Å². The van der Waals surface area contributed by atoms with Crippen molar-refractivity contribution in [3.05, 3.63) is 87.2 Å². The number of nitrogens with zero attached hydrogens (tertiary/aromatic N) is 1. The SMILES string of the molecule is COC(=O)C1=CN(CCc2ccc(OC)cc2)C=C(C(=O)OC)C1c1ccc(Cl)c(Cl)c1. The van der Waals surface area contributed by atoms with Gasteiger partial charge in [0.1, 0.15) is 5.75 Å². The monoisotopic (exact) mass is 475 g/mol. The summed E-state index contributed by atoms with van der Waals surface area (Å²) in [6, 6.07) is 12.7. The van der Waals surface area contributed by atoms with E-state index in [0.29, 0.717) is 39.7 Å². The largest absolute Gasteiger partial charge is 0.497 e. The van der Waals surface area contributed by atoms with E-state index in [-0.39, 0.29) is 0 Å². The van der Waals surface area contributed by atoms with Crippen LogP contribution in [0.1, 0.15) is 17.0 Å². The Morgan fingerprint density at radius 1 is 0.875 bits per heavy atom. The molecule has 0 N–H and O–H groups in total. The molecule has 0 amide bonds. The number of rotatable bonds is 7. The van der Waals surface area contributed by atoms with Gasteiger partial charge in [0.2, 0.25) is 0 Å². The molecule has 1 heterocycles. The van der Waals surface area contributed by atoms with E-state index in [9.17, 15) is 9.59 Å². The normalized spacial score (nSPS) is 13.8. The van der Waals surface area contributed by atoms with Crippen LogP contribution in [0.4, 0.5) is 0 Å². The lowest BCUT2D eigenvalue weighted by molar-refractivity contribution is -0.137. The lowest BCUT2D eigenvalue weighted by atomic mass is 9.83. The molecule has 1 aliphatic heterocycles. The van der Waals surface area contributed by atoms with Crippen LogP contribution in [-0.4, -0.2) is 44.7 Å². The van der Waals surface area contributed by atoms with Crippen LogP contribution in [0.25, 0.3) is 0 Å². The zero-order valence-corrected chi connectivity index (χ0v) is 19.4. The van der Waals surface area contributed by atoms with Crippen molar-refractivity contribution in [2.45, 2.75) is 12.3 Å². The van der Waals surface area contributed by atoms with E-state index in [1.165, 1.54) is 14.2 Å². The predicted molar refractivity (Wildman–Crippen MR) is 123 cm³/mol. The lowest BCUT2D eigenvalue weighted by Crippen LogP contribution is -2.29. The Morgan fingerprint density at radius 2 is 1.47 bits per heavy atom. The molecule has 1 aliphatic rings. The molecule has 0 saturated heterocycles. The first-order chi connectivity index (χ1) is 15.4. The molecule has 0 unspecified atom stereocenters. The number of carbonyl (C=O) groups excluding carboxylic acids is 2. The third-order valence-corrected chi connectivity index (χ3v) is 5.91. The zero-order chi connectivity index (χ0) is 23.3. The van der Waals surface area contributed by atoms with Crippen molar-refractivity contribution in [1.82, 2.24) is 4.90 Å². The molecule has 6 nitrogen and oxygen atoms in total. The molecule has 2 aromatic rings. The molecule has 0 fully saturated rings. The highest BCUT2D eigenvalue weighted by atomic mass is 35.5. The number of halogens is 2. The Bertz CT molecular complexity index is 1030. The quantitative estimate of drug-likeness (QED) is 0.538. The first-order valence-electron chi connectivity index (χ1n) is 9.81. The van der Waals surface area contributed by atoms with Crippen LogP contribution in [0, 0.1) is 0 Å². The summed E-state index contributed by atoms with van der Waals surface area (Å²) in [6.07, 6.45) is 4.06. The fraction of sp³-hybridized carbons (Fsp3) is 0.250. The van der Waals surface area contributed by atoms with Crippen molar-refractivity contribution in [2.75, 3.05) is 27.9 Å².